The number of aliphatic hydroxyl groups is 1. The highest BCUT2D eigenvalue weighted by Gasteiger charge is 2.37. The lowest BCUT2D eigenvalue weighted by Gasteiger charge is -2.23. The van der Waals surface area contributed by atoms with Crippen LogP contribution in [0.25, 0.3) is 0 Å². The van der Waals surface area contributed by atoms with Crippen molar-refractivity contribution < 1.29 is 23.0 Å². The molecule has 0 aliphatic carbocycles. The van der Waals surface area contributed by atoms with Gasteiger partial charge in [0.1, 0.15) is 11.5 Å². The highest BCUT2D eigenvalue weighted by atomic mass is 32.2. The summed E-state index contributed by atoms with van der Waals surface area (Å²) in [4.78, 5) is 0. The molecule has 1 aliphatic rings. The molecule has 1 aliphatic heterocycles. The molecule has 7 heteroatoms. The lowest BCUT2D eigenvalue weighted by Crippen LogP contribution is -2.40. The summed E-state index contributed by atoms with van der Waals surface area (Å²) in [6.07, 6.45) is -0.881. The minimum Gasteiger partial charge on any atom is -0.497 e. The van der Waals surface area contributed by atoms with Crippen LogP contribution in [0, 0.1) is 0 Å². The van der Waals surface area contributed by atoms with Gasteiger partial charge in [0, 0.05) is 17.6 Å². The number of aliphatic hydroxyl groups excluding tert-OH is 1. The molecular formula is C14H21NO5S. The summed E-state index contributed by atoms with van der Waals surface area (Å²) in [6, 6.07) is 4.79. The van der Waals surface area contributed by atoms with Crippen LogP contribution in [0.2, 0.25) is 0 Å². The number of benzene rings is 1. The van der Waals surface area contributed by atoms with E-state index in [-0.39, 0.29) is 17.5 Å². The average molecular weight is 315 g/mol. The van der Waals surface area contributed by atoms with Crippen molar-refractivity contribution in [2.24, 2.45) is 0 Å². The highest BCUT2D eigenvalue weighted by molar-refractivity contribution is 7.91. The van der Waals surface area contributed by atoms with Crippen LogP contribution in [0.15, 0.2) is 18.2 Å². The summed E-state index contributed by atoms with van der Waals surface area (Å²) in [7, 11) is -0.0128. The molecule has 0 saturated carbocycles. The summed E-state index contributed by atoms with van der Waals surface area (Å²) < 4.78 is 33.6. The van der Waals surface area contributed by atoms with Gasteiger partial charge in [-0.05, 0) is 25.1 Å². The number of hydrogen-bond acceptors (Lipinski definition) is 6. The maximum absolute atomic E-state index is 11.5. The lowest BCUT2D eigenvalue weighted by molar-refractivity contribution is 0.160. The van der Waals surface area contributed by atoms with E-state index in [0.717, 1.165) is 5.56 Å². The number of hydrogen-bond donors (Lipinski definition) is 2. The first-order valence-electron chi connectivity index (χ1n) is 6.72. The number of ether oxygens (including phenoxy) is 2. The Morgan fingerprint density at radius 2 is 2.00 bits per heavy atom. The number of rotatable bonds is 5. The first-order valence-corrected chi connectivity index (χ1v) is 8.55. The first kappa shape index (κ1) is 16.1. The second-order valence-electron chi connectivity index (χ2n) is 5.25. The summed E-state index contributed by atoms with van der Waals surface area (Å²) in [5.74, 6) is 1.14. The van der Waals surface area contributed by atoms with Gasteiger partial charge in [0.15, 0.2) is 9.84 Å². The van der Waals surface area contributed by atoms with Crippen molar-refractivity contribution in [1.29, 1.82) is 0 Å². The fourth-order valence-electron chi connectivity index (χ4n) is 2.58. The molecule has 0 radical (unpaired) electrons. The molecule has 118 valence electrons. The molecule has 1 aromatic rings. The van der Waals surface area contributed by atoms with Crippen LogP contribution in [0.3, 0.4) is 0 Å². The predicted octanol–water partition coefficient (Wildman–Crippen LogP) is 0.512. The molecule has 6 nitrogen and oxygen atoms in total. The zero-order valence-corrected chi connectivity index (χ0v) is 13.2. The van der Waals surface area contributed by atoms with E-state index in [1.165, 1.54) is 0 Å². The van der Waals surface area contributed by atoms with Crippen molar-refractivity contribution in [3.8, 4) is 11.5 Å². The normalized spacial score (nSPS) is 25.5. The highest BCUT2D eigenvalue weighted by Crippen LogP contribution is 2.30. The van der Waals surface area contributed by atoms with Gasteiger partial charge in [0.05, 0.1) is 31.8 Å². The molecule has 21 heavy (non-hydrogen) atoms. The maximum Gasteiger partial charge on any atom is 0.154 e. The quantitative estimate of drug-likeness (QED) is 0.824. The Morgan fingerprint density at radius 1 is 1.29 bits per heavy atom. The molecule has 0 aromatic heterocycles. The van der Waals surface area contributed by atoms with Gasteiger partial charge in [-0.3, -0.25) is 0 Å². The van der Waals surface area contributed by atoms with Gasteiger partial charge < -0.3 is 19.9 Å². The molecular weight excluding hydrogens is 294 g/mol. The number of nitrogens with one attached hydrogen (secondary N) is 1. The third-order valence-corrected chi connectivity index (χ3v) is 5.41. The first-order chi connectivity index (χ1) is 9.86. The Morgan fingerprint density at radius 3 is 2.52 bits per heavy atom. The Hall–Kier alpha value is -1.31. The molecule has 1 heterocycles. The molecule has 0 bridgehead atoms. The summed E-state index contributed by atoms with van der Waals surface area (Å²) in [5, 5.41) is 13.0. The van der Waals surface area contributed by atoms with Crippen LogP contribution in [-0.2, 0) is 9.84 Å². The van der Waals surface area contributed by atoms with Crippen LogP contribution in [-0.4, -0.2) is 51.4 Å². The molecule has 1 saturated heterocycles. The monoisotopic (exact) mass is 315 g/mol. The van der Waals surface area contributed by atoms with E-state index in [4.69, 9.17) is 9.47 Å². The molecule has 0 amide bonds. The van der Waals surface area contributed by atoms with Crippen LogP contribution in [0.1, 0.15) is 18.5 Å². The minimum absolute atomic E-state index is 0.0508. The summed E-state index contributed by atoms with van der Waals surface area (Å²) >= 11 is 0. The van der Waals surface area contributed by atoms with Crippen LogP contribution < -0.4 is 14.8 Å². The van der Waals surface area contributed by atoms with Gasteiger partial charge in [0.2, 0.25) is 0 Å². The van der Waals surface area contributed by atoms with Gasteiger partial charge in [-0.15, -0.1) is 0 Å². The van der Waals surface area contributed by atoms with E-state index >= 15 is 0 Å². The molecule has 0 unspecified atom stereocenters. The van der Waals surface area contributed by atoms with Gasteiger partial charge >= 0.3 is 0 Å². The van der Waals surface area contributed by atoms with Crippen LogP contribution in [0.4, 0.5) is 0 Å². The van der Waals surface area contributed by atoms with Crippen molar-refractivity contribution in [2.45, 2.75) is 25.1 Å². The summed E-state index contributed by atoms with van der Waals surface area (Å²) in [6.45, 7) is 1.90. The van der Waals surface area contributed by atoms with Gasteiger partial charge in [-0.1, -0.05) is 0 Å². The van der Waals surface area contributed by atoms with Crippen molar-refractivity contribution in [2.75, 3.05) is 25.7 Å². The van der Waals surface area contributed by atoms with Crippen molar-refractivity contribution >= 4 is 9.84 Å². The largest absolute Gasteiger partial charge is 0.497 e. The number of sulfone groups is 1. The maximum atomic E-state index is 11.5. The molecule has 1 aromatic carbocycles. The average Bonchev–Trinajstić information content (AvgIpc) is 2.70. The van der Waals surface area contributed by atoms with E-state index in [1.54, 1.807) is 26.4 Å². The van der Waals surface area contributed by atoms with E-state index in [0.29, 0.717) is 11.5 Å². The number of methoxy groups -OCH3 is 2. The minimum atomic E-state index is -3.17. The fourth-order valence-corrected chi connectivity index (χ4v) is 4.33. The molecule has 2 N–H and O–H groups in total. The van der Waals surface area contributed by atoms with Crippen LogP contribution in [0.5, 0.6) is 11.5 Å². The third-order valence-electron chi connectivity index (χ3n) is 3.69. The second kappa shape index (κ2) is 6.21. The zero-order valence-electron chi connectivity index (χ0n) is 12.4. The molecule has 3 atom stereocenters. The topological polar surface area (TPSA) is 84.9 Å². The zero-order chi connectivity index (χ0) is 15.6. The predicted molar refractivity (Wildman–Crippen MR) is 79.5 cm³/mol. The molecule has 0 spiro atoms. The third kappa shape index (κ3) is 3.66. The van der Waals surface area contributed by atoms with Crippen molar-refractivity contribution in [3.63, 3.8) is 0 Å². The summed E-state index contributed by atoms with van der Waals surface area (Å²) in [5.41, 5.74) is 0.855. The fraction of sp³-hybridized carbons (Fsp3) is 0.571. The smallest absolute Gasteiger partial charge is 0.154 e. The van der Waals surface area contributed by atoms with E-state index in [2.05, 4.69) is 5.32 Å². The van der Waals surface area contributed by atoms with E-state index < -0.39 is 22.0 Å². The standard InChI is InChI=1S/C14H21NO5S/c1-9(15-12-7-21(17,18)8-13(12)16)11-6-10(19-2)4-5-14(11)20-3/h4-6,9,12-13,15-16H,7-8H2,1-3H3/t9-,12+,13+/m1/s1. The second-order valence-corrected chi connectivity index (χ2v) is 7.40. The van der Waals surface area contributed by atoms with E-state index in [9.17, 15) is 13.5 Å². The lowest BCUT2D eigenvalue weighted by atomic mass is 10.0. The van der Waals surface area contributed by atoms with Crippen molar-refractivity contribution in [3.05, 3.63) is 23.8 Å². The van der Waals surface area contributed by atoms with Crippen LogP contribution >= 0.6 is 0 Å². The van der Waals surface area contributed by atoms with Gasteiger partial charge in [-0.25, -0.2) is 8.42 Å². The van der Waals surface area contributed by atoms with Crippen molar-refractivity contribution in [1.82, 2.24) is 5.32 Å². The SMILES string of the molecule is COc1ccc(OC)c([C@@H](C)N[C@H]2CS(=O)(=O)C[C@@H]2O)c1. The van der Waals surface area contributed by atoms with Gasteiger partial charge in [0.25, 0.3) is 0 Å². The molecule has 1 fully saturated rings. The Labute approximate surface area is 125 Å². The Kier molecular flexibility index (Phi) is 4.75. The van der Waals surface area contributed by atoms with Gasteiger partial charge in [-0.2, -0.15) is 0 Å². The van der Waals surface area contributed by atoms with E-state index in [1.807, 2.05) is 13.0 Å². The Balaban J connectivity index is 2.18. The molecule has 2 rings (SSSR count). The Bertz CT molecular complexity index is 601.